The fourth-order valence-corrected chi connectivity index (χ4v) is 2.35. The van der Waals surface area contributed by atoms with Crippen LogP contribution in [0.3, 0.4) is 0 Å². The smallest absolute Gasteiger partial charge is 0.325 e. The van der Waals surface area contributed by atoms with E-state index in [0.29, 0.717) is 17.9 Å². The monoisotopic (exact) mass is 303 g/mol. The summed E-state index contributed by atoms with van der Waals surface area (Å²) in [7, 11) is 1.77. The Balaban J connectivity index is 2.21. The Bertz CT molecular complexity index is 611. The molecular formula is C16H21N3O3. The molecular weight excluding hydrogens is 282 g/mol. The van der Waals surface area contributed by atoms with E-state index in [0.717, 1.165) is 5.69 Å². The number of nitrogens with one attached hydrogen (secondary N) is 1. The summed E-state index contributed by atoms with van der Waals surface area (Å²) in [5, 5.41) is 16.3. The molecule has 2 N–H and O–H groups in total. The van der Waals surface area contributed by atoms with Crippen LogP contribution in [0.5, 0.6) is 5.75 Å². The third-order valence-corrected chi connectivity index (χ3v) is 3.20. The van der Waals surface area contributed by atoms with Crippen molar-refractivity contribution in [2.45, 2.75) is 32.5 Å². The van der Waals surface area contributed by atoms with Crippen molar-refractivity contribution in [3.63, 3.8) is 0 Å². The average Bonchev–Trinajstić information content (AvgIpc) is 2.90. The van der Waals surface area contributed by atoms with Crippen molar-refractivity contribution in [2.24, 2.45) is 0 Å². The van der Waals surface area contributed by atoms with Gasteiger partial charge in [-0.05, 0) is 44.7 Å². The van der Waals surface area contributed by atoms with Gasteiger partial charge in [-0.1, -0.05) is 12.1 Å². The van der Waals surface area contributed by atoms with Crippen molar-refractivity contribution < 1.29 is 14.6 Å². The lowest BCUT2D eigenvalue weighted by atomic mass is 10.1. The number of nitrogens with zero attached hydrogens (tertiary/aromatic N) is 2. The van der Waals surface area contributed by atoms with Gasteiger partial charge in [0.25, 0.3) is 0 Å². The maximum absolute atomic E-state index is 11.7. The molecule has 1 heterocycles. The summed E-state index contributed by atoms with van der Waals surface area (Å²) in [4.78, 5) is 13.4. The zero-order valence-corrected chi connectivity index (χ0v) is 13.0. The van der Waals surface area contributed by atoms with Gasteiger partial charge in [0.15, 0.2) is 0 Å². The molecule has 0 aliphatic carbocycles. The zero-order valence-electron chi connectivity index (χ0n) is 13.0. The van der Waals surface area contributed by atoms with Gasteiger partial charge in [0.1, 0.15) is 11.8 Å². The third-order valence-electron chi connectivity index (χ3n) is 3.20. The minimum atomic E-state index is -0.899. The van der Waals surface area contributed by atoms with E-state index in [4.69, 9.17) is 4.74 Å². The number of ether oxygens (including phenoxy) is 1. The molecule has 2 aromatic rings. The molecule has 1 aromatic carbocycles. The van der Waals surface area contributed by atoms with Crippen LogP contribution in [0.1, 0.15) is 31.1 Å². The van der Waals surface area contributed by atoms with Crippen molar-refractivity contribution in [1.82, 2.24) is 15.1 Å². The van der Waals surface area contributed by atoms with Crippen molar-refractivity contribution >= 4 is 5.97 Å². The van der Waals surface area contributed by atoms with Crippen molar-refractivity contribution in [2.75, 3.05) is 7.05 Å². The van der Waals surface area contributed by atoms with Crippen LogP contribution >= 0.6 is 0 Å². The highest BCUT2D eigenvalue weighted by atomic mass is 16.5. The van der Waals surface area contributed by atoms with Gasteiger partial charge in [-0.15, -0.1) is 0 Å². The van der Waals surface area contributed by atoms with E-state index in [-0.39, 0.29) is 6.10 Å². The van der Waals surface area contributed by atoms with E-state index in [1.54, 1.807) is 30.3 Å². The van der Waals surface area contributed by atoms with E-state index >= 15 is 0 Å². The summed E-state index contributed by atoms with van der Waals surface area (Å²) < 4.78 is 5.64. The summed E-state index contributed by atoms with van der Waals surface area (Å²) in [5.41, 5.74) is 1.55. The largest absolute Gasteiger partial charge is 0.491 e. The second-order valence-electron chi connectivity index (χ2n) is 5.48. The highest BCUT2D eigenvalue weighted by molar-refractivity contribution is 5.75. The van der Waals surface area contributed by atoms with E-state index in [9.17, 15) is 9.90 Å². The molecule has 2 rings (SSSR count). The highest BCUT2D eigenvalue weighted by Gasteiger charge is 2.25. The van der Waals surface area contributed by atoms with E-state index < -0.39 is 12.0 Å². The summed E-state index contributed by atoms with van der Waals surface area (Å²) >= 11 is 0. The summed E-state index contributed by atoms with van der Waals surface area (Å²) in [6, 6.07) is 8.30. The minimum absolute atomic E-state index is 0.0428. The van der Waals surface area contributed by atoms with Crippen LogP contribution in [-0.2, 0) is 11.3 Å². The Morgan fingerprint density at radius 2 is 2.18 bits per heavy atom. The summed E-state index contributed by atoms with van der Waals surface area (Å²) in [6.07, 6.45) is 1.69. The maximum atomic E-state index is 11.7. The van der Waals surface area contributed by atoms with Crippen LogP contribution in [0, 0.1) is 0 Å². The first-order chi connectivity index (χ1) is 10.5. The topological polar surface area (TPSA) is 78.5 Å². The van der Waals surface area contributed by atoms with Crippen LogP contribution in [0.15, 0.2) is 36.5 Å². The molecule has 0 aliphatic rings. The summed E-state index contributed by atoms with van der Waals surface area (Å²) in [5.74, 6) is -0.225. The number of rotatable bonds is 7. The van der Waals surface area contributed by atoms with Crippen LogP contribution < -0.4 is 4.74 Å². The molecule has 0 spiro atoms. The lowest BCUT2D eigenvalue weighted by Crippen LogP contribution is -2.30. The Hall–Kier alpha value is -2.34. The maximum Gasteiger partial charge on any atom is 0.325 e. The number of H-pyrrole nitrogens is 1. The van der Waals surface area contributed by atoms with Crippen LogP contribution in [0.2, 0.25) is 0 Å². The van der Waals surface area contributed by atoms with Crippen LogP contribution in [0.4, 0.5) is 0 Å². The Morgan fingerprint density at radius 3 is 2.77 bits per heavy atom. The number of hydrogen-bond acceptors (Lipinski definition) is 4. The first-order valence-corrected chi connectivity index (χ1v) is 7.15. The SMILES string of the molecule is CC(C)Oc1cccc([C@H](C(=O)O)N(C)Cc2ccn[nH]2)c1. The van der Waals surface area contributed by atoms with Gasteiger partial charge in [-0.2, -0.15) is 5.10 Å². The molecule has 0 fully saturated rings. The second kappa shape index (κ2) is 7.09. The fraction of sp³-hybridized carbons (Fsp3) is 0.375. The second-order valence-corrected chi connectivity index (χ2v) is 5.48. The molecule has 0 saturated heterocycles. The highest BCUT2D eigenvalue weighted by Crippen LogP contribution is 2.25. The molecule has 0 amide bonds. The third kappa shape index (κ3) is 4.08. The number of aliphatic carboxylic acids is 1. The number of aromatic nitrogens is 2. The molecule has 6 nitrogen and oxygen atoms in total. The van der Waals surface area contributed by atoms with Gasteiger partial charge < -0.3 is 9.84 Å². The quantitative estimate of drug-likeness (QED) is 0.821. The molecule has 0 radical (unpaired) electrons. The predicted octanol–water partition coefficient (Wildman–Crippen LogP) is 2.45. The summed E-state index contributed by atoms with van der Waals surface area (Å²) in [6.45, 7) is 4.34. The number of benzene rings is 1. The molecule has 22 heavy (non-hydrogen) atoms. The van der Waals surface area contributed by atoms with Gasteiger partial charge in [0.05, 0.1) is 6.10 Å². The Kier molecular flexibility index (Phi) is 5.16. The molecule has 118 valence electrons. The van der Waals surface area contributed by atoms with Crippen molar-refractivity contribution in [1.29, 1.82) is 0 Å². The van der Waals surface area contributed by atoms with Gasteiger partial charge in [0, 0.05) is 18.4 Å². The fourth-order valence-electron chi connectivity index (χ4n) is 2.35. The molecule has 0 saturated carbocycles. The van der Waals surface area contributed by atoms with Crippen molar-refractivity contribution in [3.8, 4) is 5.75 Å². The zero-order chi connectivity index (χ0) is 16.1. The standard InChI is InChI=1S/C16H21N3O3/c1-11(2)22-14-6-4-5-12(9-14)15(16(20)21)19(3)10-13-7-8-17-18-13/h4-9,11,15H,10H2,1-3H3,(H,17,18)(H,20,21)/t15-/m1/s1. The number of aromatic amines is 1. The molecule has 6 heteroatoms. The van der Waals surface area contributed by atoms with E-state index in [1.807, 2.05) is 32.0 Å². The van der Waals surface area contributed by atoms with Gasteiger partial charge in [-0.25, -0.2) is 0 Å². The Morgan fingerprint density at radius 1 is 1.41 bits per heavy atom. The molecule has 1 atom stereocenters. The van der Waals surface area contributed by atoms with Crippen molar-refractivity contribution in [3.05, 3.63) is 47.8 Å². The molecule has 1 aromatic heterocycles. The van der Waals surface area contributed by atoms with Gasteiger partial charge >= 0.3 is 5.97 Å². The van der Waals surface area contributed by atoms with Gasteiger partial charge in [-0.3, -0.25) is 14.8 Å². The van der Waals surface area contributed by atoms with Crippen LogP contribution in [0.25, 0.3) is 0 Å². The lowest BCUT2D eigenvalue weighted by Gasteiger charge is -2.25. The Labute approximate surface area is 129 Å². The van der Waals surface area contributed by atoms with E-state index in [1.165, 1.54) is 0 Å². The molecule has 0 aliphatic heterocycles. The number of carboxylic acid groups (broad SMARTS) is 1. The molecule has 0 unspecified atom stereocenters. The van der Waals surface area contributed by atoms with Gasteiger partial charge in [0.2, 0.25) is 0 Å². The number of hydrogen-bond donors (Lipinski definition) is 2. The number of likely N-dealkylation sites (N-methyl/N-ethyl adjacent to an activating group) is 1. The lowest BCUT2D eigenvalue weighted by molar-refractivity contribution is -0.143. The molecule has 0 bridgehead atoms. The normalized spacial score (nSPS) is 12.6. The predicted molar refractivity (Wildman–Crippen MR) is 82.6 cm³/mol. The van der Waals surface area contributed by atoms with E-state index in [2.05, 4.69) is 10.2 Å². The first-order valence-electron chi connectivity index (χ1n) is 7.15. The first kappa shape index (κ1) is 16.0. The number of carboxylic acids is 1. The minimum Gasteiger partial charge on any atom is -0.491 e. The van der Waals surface area contributed by atoms with Crippen LogP contribution in [-0.4, -0.2) is 39.3 Å². The average molecular weight is 303 g/mol. The number of carbonyl (C=O) groups is 1.